The van der Waals surface area contributed by atoms with Crippen molar-refractivity contribution < 1.29 is 18.9 Å². The third-order valence-corrected chi connectivity index (χ3v) is 3.12. The molecule has 21 heavy (non-hydrogen) atoms. The van der Waals surface area contributed by atoms with Crippen molar-refractivity contribution in [2.45, 2.75) is 25.1 Å². The van der Waals surface area contributed by atoms with Crippen LogP contribution in [-0.2, 0) is 18.9 Å². The molecule has 0 aliphatic rings. The van der Waals surface area contributed by atoms with Gasteiger partial charge in [0.1, 0.15) is 0 Å². The maximum absolute atomic E-state index is 6.08. The van der Waals surface area contributed by atoms with Crippen molar-refractivity contribution in [3.63, 3.8) is 0 Å². The Morgan fingerprint density at radius 2 is 1.52 bits per heavy atom. The summed E-state index contributed by atoms with van der Waals surface area (Å²) in [5.41, 5.74) is 0. The molecule has 5 nitrogen and oxygen atoms in total. The molecule has 0 aromatic heterocycles. The topological polar surface area (TPSA) is 40.2 Å². The van der Waals surface area contributed by atoms with Gasteiger partial charge in [0, 0.05) is 26.8 Å². The van der Waals surface area contributed by atoms with Gasteiger partial charge in [-0.3, -0.25) is 0 Å². The summed E-state index contributed by atoms with van der Waals surface area (Å²) in [6.07, 6.45) is 2.28. The predicted octanol–water partition coefficient (Wildman–Crippen LogP) is 2.02. The van der Waals surface area contributed by atoms with E-state index in [1.807, 2.05) is 7.05 Å². The highest BCUT2D eigenvalue weighted by atomic mass is 35.5. The average Bonchev–Trinajstić information content (AvgIpc) is 2.45. The molecule has 0 aromatic carbocycles. The Balaban J connectivity index is 3.17. The van der Waals surface area contributed by atoms with Crippen molar-refractivity contribution in [2.24, 2.45) is 0 Å². The fourth-order valence-electron chi connectivity index (χ4n) is 1.67. The molecule has 0 rings (SSSR count). The van der Waals surface area contributed by atoms with Gasteiger partial charge in [-0.25, -0.2) is 0 Å². The van der Waals surface area contributed by atoms with Gasteiger partial charge in [-0.05, 0) is 13.5 Å². The molecule has 1 unspecified atom stereocenters. The van der Waals surface area contributed by atoms with Crippen LogP contribution in [0.5, 0.6) is 0 Å². The molecular formula is C15H32ClNO4. The SMILES string of the molecule is CCCCOCCOCCOCCN(C)CC(Cl)COC. The number of ether oxygens (including phenoxy) is 4. The average molecular weight is 326 g/mol. The van der Waals surface area contributed by atoms with E-state index in [1.54, 1.807) is 7.11 Å². The van der Waals surface area contributed by atoms with Crippen LogP contribution >= 0.6 is 11.6 Å². The Morgan fingerprint density at radius 1 is 0.952 bits per heavy atom. The van der Waals surface area contributed by atoms with Crippen molar-refractivity contribution in [1.29, 1.82) is 0 Å². The lowest BCUT2D eigenvalue weighted by atomic mass is 10.4. The second-order valence-electron chi connectivity index (χ2n) is 5.01. The summed E-state index contributed by atoms with van der Waals surface area (Å²) in [5, 5.41) is 0.0241. The highest BCUT2D eigenvalue weighted by Gasteiger charge is 2.07. The van der Waals surface area contributed by atoms with Crippen LogP contribution in [0.4, 0.5) is 0 Å². The number of methoxy groups -OCH3 is 1. The molecule has 0 fully saturated rings. The first kappa shape index (κ1) is 21.1. The Hall–Kier alpha value is 0.0900. The van der Waals surface area contributed by atoms with Gasteiger partial charge in [0.2, 0.25) is 0 Å². The molecule has 1 atom stereocenters. The Labute approximate surface area is 134 Å². The summed E-state index contributed by atoms with van der Waals surface area (Å²) in [4.78, 5) is 2.14. The highest BCUT2D eigenvalue weighted by Crippen LogP contribution is 1.98. The molecule has 0 spiro atoms. The van der Waals surface area contributed by atoms with E-state index in [1.165, 1.54) is 6.42 Å². The summed E-state index contributed by atoms with van der Waals surface area (Å²) in [7, 11) is 3.69. The molecule has 0 aliphatic carbocycles. The first-order valence-electron chi connectivity index (χ1n) is 7.75. The summed E-state index contributed by atoms with van der Waals surface area (Å²) in [6, 6.07) is 0. The van der Waals surface area contributed by atoms with Gasteiger partial charge in [0.15, 0.2) is 0 Å². The second kappa shape index (κ2) is 16.5. The Bertz CT molecular complexity index is 210. The number of hydrogen-bond donors (Lipinski definition) is 0. The summed E-state index contributed by atoms with van der Waals surface area (Å²) in [5.74, 6) is 0. The maximum Gasteiger partial charge on any atom is 0.0701 e. The second-order valence-corrected chi connectivity index (χ2v) is 5.62. The molecule has 0 amide bonds. The van der Waals surface area contributed by atoms with Gasteiger partial charge in [-0.2, -0.15) is 0 Å². The Morgan fingerprint density at radius 3 is 2.10 bits per heavy atom. The molecule has 0 radical (unpaired) electrons. The number of unbranched alkanes of at least 4 members (excludes halogenated alkanes) is 1. The first-order valence-corrected chi connectivity index (χ1v) is 8.19. The zero-order chi connectivity index (χ0) is 15.8. The lowest BCUT2D eigenvalue weighted by Crippen LogP contribution is -2.31. The van der Waals surface area contributed by atoms with Crippen LogP contribution in [0.25, 0.3) is 0 Å². The molecule has 6 heteroatoms. The van der Waals surface area contributed by atoms with Crippen molar-refractivity contribution >= 4 is 11.6 Å². The zero-order valence-corrected chi connectivity index (χ0v) is 14.6. The molecule has 0 bridgehead atoms. The van der Waals surface area contributed by atoms with Crippen LogP contribution in [0, 0.1) is 0 Å². The van der Waals surface area contributed by atoms with Crippen molar-refractivity contribution in [2.75, 3.05) is 73.5 Å². The van der Waals surface area contributed by atoms with E-state index in [-0.39, 0.29) is 5.38 Å². The fraction of sp³-hybridized carbons (Fsp3) is 1.00. The maximum atomic E-state index is 6.08. The summed E-state index contributed by atoms with van der Waals surface area (Å²) < 4.78 is 21.3. The summed E-state index contributed by atoms with van der Waals surface area (Å²) >= 11 is 6.08. The van der Waals surface area contributed by atoms with Crippen LogP contribution < -0.4 is 0 Å². The minimum Gasteiger partial charge on any atom is -0.383 e. The van der Waals surface area contributed by atoms with E-state index in [0.29, 0.717) is 39.6 Å². The molecule has 0 N–H and O–H groups in total. The van der Waals surface area contributed by atoms with Gasteiger partial charge in [0.25, 0.3) is 0 Å². The van der Waals surface area contributed by atoms with E-state index in [0.717, 1.165) is 26.1 Å². The van der Waals surface area contributed by atoms with Crippen LogP contribution in [0.1, 0.15) is 19.8 Å². The normalized spacial score (nSPS) is 13.0. The van der Waals surface area contributed by atoms with E-state index < -0.39 is 0 Å². The van der Waals surface area contributed by atoms with Crippen molar-refractivity contribution in [3.8, 4) is 0 Å². The lowest BCUT2D eigenvalue weighted by Gasteiger charge is -2.19. The van der Waals surface area contributed by atoms with Gasteiger partial charge >= 0.3 is 0 Å². The number of halogens is 1. The molecule has 128 valence electrons. The zero-order valence-electron chi connectivity index (χ0n) is 13.8. The molecule has 0 saturated heterocycles. The Kier molecular flexibility index (Phi) is 16.5. The molecule has 0 heterocycles. The van der Waals surface area contributed by atoms with E-state index >= 15 is 0 Å². The first-order chi connectivity index (χ1) is 10.2. The third kappa shape index (κ3) is 16.3. The van der Waals surface area contributed by atoms with Gasteiger partial charge in [0.05, 0.1) is 45.0 Å². The smallest absolute Gasteiger partial charge is 0.0701 e. The highest BCUT2D eigenvalue weighted by molar-refractivity contribution is 6.20. The number of likely N-dealkylation sites (N-methyl/N-ethyl adjacent to an activating group) is 1. The number of rotatable bonds is 16. The quantitative estimate of drug-likeness (QED) is 0.321. The van der Waals surface area contributed by atoms with Crippen LogP contribution in [0.2, 0.25) is 0 Å². The van der Waals surface area contributed by atoms with Gasteiger partial charge < -0.3 is 23.8 Å². The van der Waals surface area contributed by atoms with E-state index in [9.17, 15) is 0 Å². The van der Waals surface area contributed by atoms with Crippen LogP contribution in [0.15, 0.2) is 0 Å². The molecule has 0 aliphatic heterocycles. The minimum atomic E-state index is 0.0241. The number of hydrogen-bond acceptors (Lipinski definition) is 5. The van der Waals surface area contributed by atoms with E-state index in [4.69, 9.17) is 30.5 Å². The monoisotopic (exact) mass is 325 g/mol. The van der Waals surface area contributed by atoms with Gasteiger partial charge in [-0.1, -0.05) is 13.3 Å². The number of alkyl halides is 1. The largest absolute Gasteiger partial charge is 0.383 e. The minimum absolute atomic E-state index is 0.0241. The predicted molar refractivity (Wildman–Crippen MR) is 86.4 cm³/mol. The van der Waals surface area contributed by atoms with Crippen molar-refractivity contribution in [1.82, 2.24) is 4.90 Å². The standard InChI is InChI=1S/C15H32ClNO4/c1-4-5-7-19-9-11-21-12-10-20-8-6-17(2)13-15(16)14-18-3/h15H,4-14H2,1-3H3. The van der Waals surface area contributed by atoms with Crippen LogP contribution in [-0.4, -0.2) is 83.8 Å². The summed E-state index contributed by atoms with van der Waals surface area (Å²) in [6.45, 7) is 8.42. The van der Waals surface area contributed by atoms with Crippen LogP contribution in [0.3, 0.4) is 0 Å². The molecule has 0 aromatic rings. The molecular weight excluding hydrogens is 294 g/mol. The van der Waals surface area contributed by atoms with E-state index in [2.05, 4.69) is 11.8 Å². The van der Waals surface area contributed by atoms with Crippen molar-refractivity contribution in [3.05, 3.63) is 0 Å². The fourth-order valence-corrected chi connectivity index (χ4v) is 2.03. The van der Waals surface area contributed by atoms with Gasteiger partial charge in [-0.15, -0.1) is 11.6 Å². The molecule has 0 saturated carbocycles. The number of nitrogens with zero attached hydrogens (tertiary/aromatic N) is 1. The lowest BCUT2D eigenvalue weighted by molar-refractivity contribution is 0.0110. The third-order valence-electron chi connectivity index (χ3n) is 2.86.